The zero-order valence-corrected chi connectivity index (χ0v) is 12.6. The molecule has 0 aliphatic carbocycles. The Morgan fingerprint density at radius 2 is 2.00 bits per heavy atom. The maximum Gasteiger partial charge on any atom is 0.316 e. The zero-order chi connectivity index (χ0) is 15.6. The molecular weight excluding hydrogens is 270 g/mol. The number of carbonyl (C=O) groups is 2. The molecule has 1 heterocycles. The number of para-hydroxylation sites is 1. The molecule has 0 radical (unpaired) electrons. The minimum absolute atomic E-state index is 0.202. The van der Waals surface area contributed by atoms with Crippen LogP contribution in [-0.4, -0.2) is 23.6 Å². The average molecular weight is 291 g/mol. The fourth-order valence-corrected chi connectivity index (χ4v) is 2.62. The molecule has 1 aromatic rings. The van der Waals surface area contributed by atoms with Crippen LogP contribution in [-0.2, 0) is 9.59 Å². The molecule has 5 nitrogen and oxygen atoms in total. The van der Waals surface area contributed by atoms with Gasteiger partial charge in [-0.05, 0) is 11.5 Å². The molecular formula is C16H21NO4. The topological polar surface area (TPSA) is 75.6 Å². The number of aliphatic carboxylic acids is 1. The van der Waals surface area contributed by atoms with Gasteiger partial charge < -0.3 is 15.2 Å². The fraction of sp³-hybridized carbons (Fsp3) is 0.500. The van der Waals surface area contributed by atoms with Crippen LogP contribution in [0.4, 0.5) is 0 Å². The second-order valence-corrected chi connectivity index (χ2v) is 6.37. The second kappa shape index (κ2) is 5.76. The highest BCUT2D eigenvalue weighted by atomic mass is 16.5. The van der Waals surface area contributed by atoms with Crippen LogP contribution >= 0.6 is 0 Å². The minimum Gasteiger partial charge on any atom is -0.493 e. The monoisotopic (exact) mass is 291 g/mol. The first-order chi connectivity index (χ1) is 9.80. The number of rotatable bonds is 3. The number of carboxylic acids is 1. The molecule has 0 bridgehead atoms. The fourth-order valence-electron chi connectivity index (χ4n) is 2.62. The number of carboxylic acid groups (broad SMARTS) is 1. The van der Waals surface area contributed by atoms with Crippen LogP contribution in [0.3, 0.4) is 0 Å². The average Bonchev–Trinajstić information content (AvgIpc) is 2.37. The highest BCUT2D eigenvalue weighted by Crippen LogP contribution is 2.33. The maximum atomic E-state index is 12.4. The number of nitrogens with one attached hydrogen (secondary N) is 1. The number of hydrogen-bond acceptors (Lipinski definition) is 3. The molecule has 1 aliphatic heterocycles. The summed E-state index contributed by atoms with van der Waals surface area (Å²) in [5, 5.41) is 12.2. The number of amides is 1. The van der Waals surface area contributed by atoms with Crippen LogP contribution in [0.5, 0.6) is 5.75 Å². The summed E-state index contributed by atoms with van der Waals surface area (Å²) in [4.78, 5) is 23.8. The molecule has 1 aliphatic rings. The Balaban J connectivity index is 2.19. The van der Waals surface area contributed by atoms with Gasteiger partial charge in [0.05, 0.1) is 12.6 Å². The molecule has 0 aromatic heterocycles. The quantitative estimate of drug-likeness (QED) is 0.838. The Kier molecular flexibility index (Phi) is 4.21. The van der Waals surface area contributed by atoms with Gasteiger partial charge in [-0.2, -0.15) is 0 Å². The minimum atomic E-state index is -1.10. The van der Waals surface area contributed by atoms with Gasteiger partial charge in [-0.1, -0.05) is 39.0 Å². The molecule has 0 saturated carbocycles. The lowest BCUT2D eigenvalue weighted by Gasteiger charge is -2.31. The third-order valence-electron chi connectivity index (χ3n) is 3.65. The van der Waals surface area contributed by atoms with Gasteiger partial charge in [-0.3, -0.25) is 9.59 Å². The van der Waals surface area contributed by atoms with Crippen molar-refractivity contribution in [2.24, 2.45) is 11.3 Å². The van der Waals surface area contributed by atoms with Crippen molar-refractivity contribution in [3.05, 3.63) is 29.8 Å². The highest BCUT2D eigenvalue weighted by molar-refractivity contribution is 5.98. The molecule has 2 rings (SSSR count). The van der Waals surface area contributed by atoms with E-state index < -0.39 is 23.2 Å². The summed E-state index contributed by atoms with van der Waals surface area (Å²) < 4.78 is 5.54. The molecule has 1 aromatic carbocycles. The number of ether oxygens (including phenoxy) is 1. The number of carbonyl (C=O) groups excluding carboxylic acids is 1. The Hall–Kier alpha value is -2.04. The van der Waals surface area contributed by atoms with Gasteiger partial charge in [0.2, 0.25) is 5.91 Å². The smallest absolute Gasteiger partial charge is 0.316 e. The molecule has 0 fully saturated rings. The van der Waals surface area contributed by atoms with Crippen molar-refractivity contribution in [1.82, 2.24) is 5.32 Å². The summed E-state index contributed by atoms with van der Waals surface area (Å²) >= 11 is 0. The lowest BCUT2D eigenvalue weighted by Crippen LogP contribution is -2.44. The van der Waals surface area contributed by atoms with Crippen molar-refractivity contribution in [2.75, 3.05) is 6.61 Å². The summed E-state index contributed by atoms with van der Waals surface area (Å²) in [5.74, 6) is -1.87. The molecule has 2 atom stereocenters. The summed E-state index contributed by atoms with van der Waals surface area (Å²) in [6.45, 7) is 5.77. The van der Waals surface area contributed by atoms with Gasteiger partial charge in [-0.15, -0.1) is 0 Å². The SMILES string of the molecule is CC(C)(C)C(C(=O)O)C(=O)NC1CCOc2ccccc21. The Morgan fingerprint density at radius 1 is 1.33 bits per heavy atom. The molecule has 0 spiro atoms. The van der Waals surface area contributed by atoms with Gasteiger partial charge in [-0.25, -0.2) is 0 Å². The Labute approximate surface area is 124 Å². The predicted octanol–water partition coefficient (Wildman–Crippen LogP) is 2.37. The van der Waals surface area contributed by atoms with Gasteiger partial charge in [0.1, 0.15) is 11.7 Å². The van der Waals surface area contributed by atoms with Crippen LogP contribution in [0.1, 0.15) is 38.8 Å². The van der Waals surface area contributed by atoms with Crippen molar-refractivity contribution in [2.45, 2.75) is 33.2 Å². The van der Waals surface area contributed by atoms with Gasteiger partial charge >= 0.3 is 5.97 Å². The standard InChI is InChI=1S/C16H21NO4/c1-16(2,3)13(15(19)20)14(18)17-11-8-9-21-12-7-5-4-6-10(11)12/h4-7,11,13H,8-9H2,1-3H3,(H,17,18)(H,19,20). The van der Waals surface area contributed by atoms with Crippen molar-refractivity contribution in [3.8, 4) is 5.75 Å². The zero-order valence-electron chi connectivity index (χ0n) is 12.6. The molecule has 5 heteroatoms. The summed E-state index contributed by atoms with van der Waals surface area (Å²) in [6.07, 6.45) is 0.638. The Morgan fingerprint density at radius 3 is 2.62 bits per heavy atom. The molecule has 114 valence electrons. The maximum absolute atomic E-state index is 12.4. The highest BCUT2D eigenvalue weighted by Gasteiger charge is 2.39. The normalized spacial score (nSPS) is 19.1. The van der Waals surface area contributed by atoms with Gasteiger partial charge in [0, 0.05) is 12.0 Å². The van der Waals surface area contributed by atoms with Crippen LogP contribution in [0.15, 0.2) is 24.3 Å². The third-order valence-corrected chi connectivity index (χ3v) is 3.65. The summed E-state index contributed by atoms with van der Waals surface area (Å²) in [7, 11) is 0. The third kappa shape index (κ3) is 3.35. The van der Waals surface area contributed by atoms with Crippen LogP contribution < -0.4 is 10.1 Å². The van der Waals surface area contributed by atoms with E-state index in [0.717, 1.165) is 11.3 Å². The van der Waals surface area contributed by atoms with E-state index in [9.17, 15) is 14.7 Å². The van der Waals surface area contributed by atoms with Crippen LogP contribution in [0, 0.1) is 11.3 Å². The van der Waals surface area contributed by atoms with E-state index in [4.69, 9.17) is 4.74 Å². The van der Waals surface area contributed by atoms with Crippen molar-refractivity contribution in [1.29, 1.82) is 0 Å². The second-order valence-electron chi connectivity index (χ2n) is 6.37. The first kappa shape index (κ1) is 15.4. The van der Waals surface area contributed by atoms with E-state index in [1.54, 1.807) is 20.8 Å². The van der Waals surface area contributed by atoms with E-state index in [0.29, 0.717) is 13.0 Å². The van der Waals surface area contributed by atoms with Crippen LogP contribution in [0.2, 0.25) is 0 Å². The molecule has 2 unspecified atom stereocenters. The van der Waals surface area contributed by atoms with E-state index in [1.165, 1.54) is 0 Å². The van der Waals surface area contributed by atoms with Gasteiger partial charge in [0.15, 0.2) is 0 Å². The summed E-state index contributed by atoms with van der Waals surface area (Å²) in [5.41, 5.74) is 0.260. The van der Waals surface area contributed by atoms with E-state index in [2.05, 4.69) is 5.32 Å². The van der Waals surface area contributed by atoms with E-state index >= 15 is 0 Å². The number of benzene rings is 1. The van der Waals surface area contributed by atoms with E-state index in [1.807, 2.05) is 24.3 Å². The van der Waals surface area contributed by atoms with Crippen molar-refractivity contribution < 1.29 is 19.4 Å². The molecule has 1 amide bonds. The van der Waals surface area contributed by atoms with Crippen molar-refractivity contribution in [3.63, 3.8) is 0 Å². The van der Waals surface area contributed by atoms with Crippen molar-refractivity contribution >= 4 is 11.9 Å². The summed E-state index contributed by atoms with van der Waals surface area (Å²) in [6, 6.07) is 7.30. The predicted molar refractivity (Wildman–Crippen MR) is 78.0 cm³/mol. The number of hydrogen-bond donors (Lipinski definition) is 2. The first-order valence-corrected chi connectivity index (χ1v) is 7.05. The first-order valence-electron chi connectivity index (χ1n) is 7.05. The number of fused-ring (bicyclic) bond motifs is 1. The van der Waals surface area contributed by atoms with Crippen LogP contribution in [0.25, 0.3) is 0 Å². The molecule has 2 N–H and O–H groups in total. The van der Waals surface area contributed by atoms with Gasteiger partial charge in [0.25, 0.3) is 0 Å². The Bertz CT molecular complexity index is 547. The lowest BCUT2D eigenvalue weighted by atomic mass is 9.80. The van der Waals surface area contributed by atoms with E-state index in [-0.39, 0.29) is 6.04 Å². The molecule has 21 heavy (non-hydrogen) atoms. The largest absolute Gasteiger partial charge is 0.493 e. The molecule has 0 saturated heterocycles. The lowest BCUT2D eigenvalue weighted by molar-refractivity contribution is -0.151.